The summed E-state index contributed by atoms with van der Waals surface area (Å²) in [6.45, 7) is 2.56. The van der Waals surface area contributed by atoms with Gasteiger partial charge in [-0.2, -0.15) is 0 Å². The van der Waals surface area contributed by atoms with E-state index in [1.54, 1.807) is 4.90 Å². The molecule has 0 aromatic heterocycles. The van der Waals surface area contributed by atoms with Crippen molar-refractivity contribution < 1.29 is 4.79 Å². The van der Waals surface area contributed by atoms with E-state index in [1.807, 2.05) is 43.3 Å². The summed E-state index contributed by atoms with van der Waals surface area (Å²) in [6, 6.07) is 9.80. The monoisotopic (exact) mass is 249 g/mol. The van der Waals surface area contributed by atoms with Gasteiger partial charge in [0.25, 0.3) is 5.91 Å². The van der Waals surface area contributed by atoms with Crippen molar-refractivity contribution in [2.75, 3.05) is 6.54 Å². The lowest BCUT2D eigenvalue weighted by Gasteiger charge is -2.09. The van der Waals surface area contributed by atoms with E-state index in [-0.39, 0.29) is 5.91 Å². The van der Waals surface area contributed by atoms with E-state index in [1.165, 1.54) is 11.8 Å². The second-order valence-electron chi connectivity index (χ2n) is 3.34. The molecule has 1 aromatic carbocycles. The van der Waals surface area contributed by atoms with Crippen molar-refractivity contribution in [1.82, 2.24) is 4.90 Å². The molecule has 0 spiro atoms. The van der Waals surface area contributed by atoms with Gasteiger partial charge in [0.1, 0.15) is 4.32 Å². The Morgan fingerprint density at radius 3 is 2.62 bits per heavy atom. The minimum Gasteiger partial charge on any atom is -0.293 e. The van der Waals surface area contributed by atoms with Crippen LogP contribution in [0.3, 0.4) is 0 Å². The van der Waals surface area contributed by atoms with Gasteiger partial charge in [-0.3, -0.25) is 9.69 Å². The smallest absolute Gasteiger partial charge is 0.266 e. The molecule has 2 rings (SSSR count). The number of thiocarbonyl (C=S) groups is 1. The lowest BCUT2D eigenvalue weighted by Crippen LogP contribution is -2.27. The molecule has 0 unspecified atom stereocenters. The van der Waals surface area contributed by atoms with Crippen LogP contribution in [0.5, 0.6) is 0 Å². The summed E-state index contributed by atoms with van der Waals surface area (Å²) in [7, 11) is 0. The van der Waals surface area contributed by atoms with E-state index in [9.17, 15) is 4.79 Å². The van der Waals surface area contributed by atoms with Gasteiger partial charge in [-0.15, -0.1) is 0 Å². The molecule has 1 amide bonds. The Morgan fingerprint density at radius 1 is 1.38 bits per heavy atom. The van der Waals surface area contributed by atoms with Crippen molar-refractivity contribution in [3.05, 3.63) is 40.8 Å². The number of carbonyl (C=O) groups excluding carboxylic acids is 1. The molecular weight excluding hydrogens is 238 g/mol. The van der Waals surface area contributed by atoms with Crippen LogP contribution in [-0.4, -0.2) is 21.7 Å². The van der Waals surface area contributed by atoms with Crippen LogP contribution in [-0.2, 0) is 4.79 Å². The predicted octanol–water partition coefficient (Wildman–Crippen LogP) is 2.91. The summed E-state index contributed by atoms with van der Waals surface area (Å²) in [4.78, 5) is 14.2. The van der Waals surface area contributed by atoms with Crippen LogP contribution in [0.1, 0.15) is 12.5 Å². The van der Waals surface area contributed by atoms with Crippen LogP contribution < -0.4 is 0 Å². The number of hydrogen-bond acceptors (Lipinski definition) is 3. The number of benzene rings is 1. The molecule has 1 fully saturated rings. The molecule has 82 valence electrons. The van der Waals surface area contributed by atoms with E-state index in [4.69, 9.17) is 12.2 Å². The number of rotatable bonds is 2. The lowest BCUT2D eigenvalue weighted by atomic mass is 10.2. The van der Waals surface area contributed by atoms with Gasteiger partial charge in [-0.25, -0.2) is 0 Å². The fourth-order valence-electron chi connectivity index (χ4n) is 1.47. The number of hydrogen-bond donors (Lipinski definition) is 0. The van der Waals surface area contributed by atoms with Gasteiger partial charge >= 0.3 is 0 Å². The average molecular weight is 249 g/mol. The lowest BCUT2D eigenvalue weighted by molar-refractivity contribution is -0.121. The number of amides is 1. The van der Waals surface area contributed by atoms with Crippen molar-refractivity contribution in [2.24, 2.45) is 0 Å². The minimum atomic E-state index is 0.0151. The quantitative estimate of drug-likeness (QED) is 0.594. The third-order valence-corrected chi connectivity index (χ3v) is 3.66. The Hall–Kier alpha value is -1.13. The normalized spacial score (nSPS) is 18.6. The standard InChI is InChI=1S/C12H11NOS2/c1-2-13-11(14)10(16-12(13)15)8-9-6-4-3-5-7-9/h3-8H,2H2,1H3/b10-8+. The number of carbonyl (C=O) groups is 1. The fourth-order valence-corrected chi connectivity index (χ4v) is 2.86. The molecule has 0 N–H and O–H groups in total. The highest BCUT2D eigenvalue weighted by Gasteiger charge is 2.30. The molecule has 0 aliphatic carbocycles. The first-order valence-electron chi connectivity index (χ1n) is 5.03. The summed E-state index contributed by atoms with van der Waals surface area (Å²) in [6.07, 6.45) is 1.88. The van der Waals surface area contributed by atoms with E-state index >= 15 is 0 Å². The Bertz CT molecular complexity index is 453. The van der Waals surface area contributed by atoms with Crippen molar-refractivity contribution >= 4 is 40.3 Å². The van der Waals surface area contributed by atoms with Crippen molar-refractivity contribution in [1.29, 1.82) is 0 Å². The second kappa shape index (κ2) is 4.80. The summed E-state index contributed by atoms with van der Waals surface area (Å²) in [5.74, 6) is 0.0151. The zero-order valence-corrected chi connectivity index (χ0v) is 10.5. The van der Waals surface area contributed by atoms with Gasteiger partial charge in [0.15, 0.2) is 0 Å². The third kappa shape index (κ3) is 2.18. The molecule has 1 saturated heterocycles. The second-order valence-corrected chi connectivity index (χ2v) is 5.01. The van der Waals surface area contributed by atoms with Crippen molar-refractivity contribution in [3.8, 4) is 0 Å². The summed E-state index contributed by atoms with van der Waals surface area (Å²) in [5.41, 5.74) is 1.03. The Balaban J connectivity index is 2.27. The van der Waals surface area contributed by atoms with Gasteiger partial charge in [0.05, 0.1) is 4.91 Å². The fraction of sp³-hybridized carbons (Fsp3) is 0.167. The Morgan fingerprint density at radius 2 is 2.06 bits per heavy atom. The summed E-state index contributed by atoms with van der Waals surface area (Å²) in [5, 5.41) is 0. The maximum Gasteiger partial charge on any atom is 0.266 e. The first-order chi connectivity index (χ1) is 7.72. The number of thioether (sulfide) groups is 1. The van der Waals surface area contributed by atoms with E-state index in [2.05, 4.69) is 0 Å². The van der Waals surface area contributed by atoms with E-state index < -0.39 is 0 Å². The predicted molar refractivity (Wildman–Crippen MR) is 72.0 cm³/mol. The van der Waals surface area contributed by atoms with Crippen LogP contribution in [0, 0.1) is 0 Å². The van der Waals surface area contributed by atoms with Crippen LogP contribution in [0.15, 0.2) is 35.2 Å². The minimum absolute atomic E-state index is 0.0151. The SMILES string of the molecule is CCN1C(=O)/C(=C\c2ccccc2)SC1=S. The summed E-state index contributed by atoms with van der Waals surface area (Å²) >= 11 is 6.51. The summed E-state index contributed by atoms with van der Waals surface area (Å²) < 4.78 is 0.648. The topological polar surface area (TPSA) is 20.3 Å². The number of likely N-dealkylation sites (N-methyl/N-ethyl adjacent to an activating group) is 1. The first kappa shape index (κ1) is 11.4. The Kier molecular flexibility index (Phi) is 3.41. The van der Waals surface area contributed by atoms with Crippen LogP contribution in [0.2, 0.25) is 0 Å². The van der Waals surface area contributed by atoms with Gasteiger partial charge < -0.3 is 0 Å². The van der Waals surface area contributed by atoms with Gasteiger partial charge in [0.2, 0.25) is 0 Å². The molecular formula is C12H11NOS2. The average Bonchev–Trinajstić information content (AvgIpc) is 2.55. The van der Waals surface area contributed by atoms with Crippen LogP contribution in [0.25, 0.3) is 6.08 Å². The van der Waals surface area contributed by atoms with Gasteiger partial charge in [-0.1, -0.05) is 54.3 Å². The zero-order valence-electron chi connectivity index (χ0n) is 8.84. The zero-order chi connectivity index (χ0) is 11.5. The highest BCUT2D eigenvalue weighted by molar-refractivity contribution is 8.26. The largest absolute Gasteiger partial charge is 0.293 e. The molecule has 1 aliphatic heterocycles. The molecule has 0 saturated carbocycles. The molecule has 2 nitrogen and oxygen atoms in total. The molecule has 0 bridgehead atoms. The molecule has 1 heterocycles. The van der Waals surface area contributed by atoms with Crippen LogP contribution >= 0.6 is 24.0 Å². The molecule has 1 aromatic rings. The van der Waals surface area contributed by atoms with E-state index in [0.29, 0.717) is 15.8 Å². The third-order valence-electron chi connectivity index (χ3n) is 2.29. The van der Waals surface area contributed by atoms with Crippen LogP contribution in [0.4, 0.5) is 0 Å². The molecule has 0 radical (unpaired) electrons. The molecule has 16 heavy (non-hydrogen) atoms. The van der Waals surface area contributed by atoms with Gasteiger partial charge in [0, 0.05) is 6.54 Å². The highest BCUT2D eigenvalue weighted by atomic mass is 32.2. The first-order valence-corrected chi connectivity index (χ1v) is 6.25. The van der Waals surface area contributed by atoms with Gasteiger partial charge in [-0.05, 0) is 18.6 Å². The van der Waals surface area contributed by atoms with Crippen molar-refractivity contribution in [3.63, 3.8) is 0 Å². The van der Waals surface area contributed by atoms with Crippen molar-refractivity contribution in [2.45, 2.75) is 6.92 Å². The molecule has 1 aliphatic rings. The maximum atomic E-state index is 11.9. The molecule has 4 heteroatoms. The number of nitrogens with zero attached hydrogens (tertiary/aromatic N) is 1. The molecule has 0 atom stereocenters. The Labute approximate surface area is 104 Å². The van der Waals surface area contributed by atoms with E-state index in [0.717, 1.165) is 5.56 Å². The highest BCUT2D eigenvalue weighted by Crippen LogP contribution is 2.31. The maximum absolute atomic E-state index is 11.9.